The second kappa shape index (κ2) is 5.76. The van der Waals surface area contributed by atoms with Gasteiger partial charge in [-0.3, -0.25) is 4.79 Å². The molecule has 0 radical (unpaired) electrons. The summed E-state index contributed by atoms with van der Waals surface area (Å²) in [6, 6.07) is 8.28. The van der Waals surface area contributed by atoms with E-state index in [1.54, 1.807) is 17.4 Å². The van der Waals surface area contributed by atoms with Gasteiger partial charge in [-0.1, -0.05) is 22.9 Å². The standard InChI is InChI=1S/C14H12BrFOS/c1-2-12-3-4-13(18-12)8-14(17)9-5-10(15)7-11(16)6-9/h3-7H,2,8H2,1H3. The van der Waals surface area contributed by atoms with Crippen LogP contribution in [0.3, 0.4) is 0 Å². The largest absolute Gasteiger partial charge is 0.294 e. The lowest BCUT2D eigenvalue weighted by molar-refractivity contribution is 0.0993. The zero-order valence-corrected chi connectivity index (χ0v) is 12.3. The summed E-state index contributed by atoms with van der Waals surface area (Å²) >= 11 is 4.83. The van der Waals surface area contributed by atoms with Crippen LogP contribution in [0.5, 0.6) is 0 Å². The minimum absolute atomic E-state index is 0.0558. The molecular formula is C14H12BrFOS. The summed E-state index contributed by atoms with van der Waals surface area (Å²) in [5, 5.41) is 0. The number of hydrogen-bond acceptors (Lipinski definition) is 2. The second-order valence-electron chi connectivity index (χ2n) is 3.98. The third-order valence-electron chi connectivity index (χ3n) is 2.59. The van der Waals surface area contributed by atoms with Gasteiger partial charge in [-0.15, -0.1) is 11.3 Å². The molecule has 0 aliphatic heterocycles. The Morgan fingerprint density at radius 2 is 2.00 bits per heavy atom. The molecule has 0 aliphatic carbocycles. The third kappa shape index (κ3) is 3.27. The third-order valence-corrected chi connectivity index (χ3v) is 4.27. The first-order valence-corrected chi connectivity index (χ1v) is 7.26. The summed E-state index contributed by atoms with van der Waals surface area (Å²) in [7, 11) is 0. The predicted molar refractivity (Wildman–Crippen MR) is 75.8 cm³/mol. The van der Waals surface area contributed by atoms with Gasteiger partial charge in [0.05, 0.1) is 0 Å². The first-order chi connectivity index (χ1) is 8.58. The summed E-state index contributed by atoms with van der Waals surface area (Å²) in [5.41, 5.74) is 0.410. The van der Waals surface area contributed by atoms with Gasteiger partial charge >= 0.3 is 0 Å². The number of halogens is 2. The number of rotatable bonds is 4. The number of aryl methyl sites for hydroxylation is 1. The topological polar surface area (TPSA) is 17.1 Å². The minimum atomic E-state index is -0.395. The fourth-order valence-corrected chi connectivity index (χ4v) is 3.10. The van der Waals surface area contributed by atoms with Crippen LogP contribution in [-0.2, 0) is 12.8 Å². The number of benzene rings is 1. The highest BCUT2D eigenvalue weighted by molar-refractivity contribution is 9.10. The van der Waals surface area contributed by atoms with E-state index in [0.29, 0.717) is 16.5 Å². The molecule has 0 N–H and O–H groups in total. The van der Waals surface area contributed by atoms with Crippen LogP contribution in [0.25, 0.3) is 0 Å². The molecule has 18 heavy (non-hydrogen) atoms. The lowest BCUT2D eigenvalue weighted by Crippen LogP contribution is -2.02. The van der Waals surface area contributed by atoms with Gasteiger partial charge < -0.3 is 0 Å². The Kier molecular flexibility index (Phi) is 4.30. The van der Waals surface area contributed by atoms with Crippen molar-refractivity contribution < 1.29 is 9.18 Å². The molecular weight excluding hydrogens is 315 g/mol. The Labute approximate surface area is 118 Å². The van der Waals surface area contributed by atoms with Crippen molar-refractivity contribution in [3.63, 3.8) is 0 Å². The molecule has 94 valence electrons. The first kappa shape index (κ1) is 13.4. The first-order valence-electron chi connectivity index (χ1n) is 5.65. The summed E-state index contributed by atoms with van der Waals surface area (Å²) in [4.78, 5) is 14.3. The summed E-state index contributed by atoms with van der Waals surface area (Å²) in [6.45, 7) is 2.08. The molecule has 2 rings (SSSR count). The molecule has 1 nitrogen and oxygen atoms in total. The molecule has 4 heteroatoms. The Morgan fingerprint density at radius 3 is 2.61 bits per heavy atom. The number of carbonyl (C=O) groups excluding carboxylic acids is 1. The Bertz CT molecular complexity index is 557. The van der Waals surface area contributed by atoms with Crippen LogP contribution in [0, 0.1) is 5.82 Å². The van der Waals surface area contributed by atoms with Crippen molar-refractivity contribution in [3.05, 3.63) is 55.9 Å². The van der Waals surface area contributed by atoms with Crippen molar-refractivity contribution in [3.8, 4) is 0 Å². The van der Waals surface area contributed by atoms with E-state index in [4.69, 9.17) is 0 Å². The van der Waals surface area contributed by atoms with Crippen LogP contribution >= 0.6 is 27.3 Å². The zero-order valence-electron chi connectivity index (χ0n) is 9.87. The van der Waals surface area contributed by atoms with Crippen molar-refractivity contribution in [1.29, 1.82) is 0 Å². The average molecular weight is 327 g/mol. The Hall–Kier alpha value is -1.00. The maximum atomic E-state index is 13.2. The van der Waals surface area contributed by atoms with E-state index in [1.807, 2.05) is 12.1 Å². The number of Topliss-reactive ketones (excluding diaryl/α,β-unsaturated/α-hetero) is 1. The lowest BCUT2D eigenvalue weighted by atomic mass is 10.1. The van der Waals surface area contributed by atoms with Gasteiger partial charge in [-0.05, 0) is 36.8 Å². The Morgan fingerprint density at radius 1 is 1.28 bits per heavy atom. The lowest BCUT2D eigenvalue weighted by Gasteiger charge is -2.01. The number of thiophene rings is 1. The molecule has 0 atom stereocenters. The van der Waals surface area contributed by atoms with Crippen molar-refractivity contribution in [2.24, 2.45) is 0 Å². The van der Waals surface area contributed by atoms with Crippen LogP contribution in [0.15, 0.2) is 34.8 Å². The van der Waals surface area contributed by atoms with Crippen LogP contribution in [-0.4, -0.2) is 5.78 Å². The van der Waals surface area contributed by atoms with Crippen LogP contribution in [0.1, 0.15) is 27.0 Å². The molecule has 0 spiro atoms. The minimum Gasteiger partial charge on any atom is -0.294 e. The van der Waals surface area contributed by atoms with Crippen LogP contribution in [0.2, 0.25) is 0 Å². The molecule has 0 aliphatic rings. The van der Waals surface area contributed by atoms with E-state index in [0.717, 1.165) is 11.3 Å². The number of carbonyl (C=O) groups is 1. The smallest absolute Gasteiger partial charge is 0.168 e. The Balaban J connectivity index is 2.16. The van der Waals surface area contributed by atoms with Gasteiger partial charge in [-0.2, -0.15) is 0 Å². The molecule has 1 aromatic heterocycles. The highest BCUT2D eigenvalue weighted by Gasteiger charge is 2.10. The van der Waals surface area contributed by atoms with Gasteiger partial charge in [0.2, 0.25) is 0 Å². The van der Waals surface area contributed by atoms with Gasteiger partial charge in [0.1, 0.15) is 5.82 Å². The van der Waals surface area contributed by atoms with E-state index < -0.39 is 5.82 Å². The van der Waals surface area contributed by atoms with Crippen LogP contribution < -0.4 is 0 Å². The van der Waals surface area contributed by atoms with Crippen molar-refractivity contribution in [1.82, 2.24) is 0 Å². The molecule has 0 bridgehead atoms. The van der Waals surface area contributed by atoms with Gasteiger partial charge in [0, 0.05) is 26.2 Å². The molecule has 0 saturated carbocycles. The van der Waals surface area contributed by atoms with E-state index in [1.165, 1.54) is 17.0 Å². The van der Waals surface area contributed by atoms with E-state index in [-0.39, 0.29) is 5.78 Å². The predicted octanol–water partition coefficient (Wildman–Crippen LogP) is 4.64. The summed E-state index contributed by atoms with van der Waals surface area (Å²) < 4.78 is 13.8. The van der Waals surface area contributed by atoms with E-state index in [9.17, 15) is 9.18 Å². The molecule has 2 aromatic rings. The normalized spacial score (nSPS) is 10.6. The maximum absolute atomic E-state index is 13.2. The molecule has 1 aromatic carbocycles. The molecule has 0 unspecified atom stereocenters. The molecule has 0 fully saturated rings. The zero-order chi connectivity index (χ0) is 13.1. The second-order valence-corrected chi connectivity index (χ2v) is 6.15. The summed E-state index contributed by atoms with van der Waals surface area (Å²) in [5.74, 6) is -0.451. The van der Waals surface area contributed by atoms with Crippen LogP contribution in [0.4, 0.5) is 4.39 Å². The molecule has 0 amide bonds. The highest BCUT2D eigenvalue weighted by Crippen LogP contribution is 2.21. The van der Waals surface area contributed by atoms with E-state index in [2.05, 4.69) is 22.9 Å². The van der Waals surface area contributed by atoms with Gasteiger partial charge in [0.15, 0.2) is 5.78 Å². The van der Waals surface area contributed by atoms with Crippen molar-refractivity contribution >= 4 is 33.0 Å². The maximum Gasteiger partial charge on any atom is 0.168 e. The van der Waals surface area contributed by atoms with Gasteiger partial charge in [0.25, 0.3) is 0 Å². The molecule has 0 saturated heterocycles. The molecule has 1 heterocycles. The SMILES string of the molecule is CCc1ccc(CC(=O)c2cc(F)cc(Br)c2)s1. The number of ketones is 1. The highest BCUT2D eigenvalue weighted by atomic mass is 79.9. The number of hydrogen-bond donors (Lipinski definition) is 0. The van der Waals surface area contributed by atoms with Crippen molar-refractivity contribution in [2.45, 2.75) is 19.8 Å². The van der Waals surface area contributed by atoms with E-state index >= 15 is 0 Å². The van der Waals surface area contributed by atoms with Gasteiger partial charge in [-0.25, -0.2) is 4.39 Å². The van der Waals surface area contributed by atoms with Crippen molar-refractivity contribution in [2.75, 3.05) is 0 Å². The quantitative estimate of drug-likeness (QED) is 0.748. The monoisotopic (exact) mass is 326 g/mol. The fraction of sp³-hybridized carbons (Fsp3) is 0.214. The average Bonchev–Trinajstić information content (AvgIpc) is 2.75. The summed E-state index contributed by atoms with van der Waals surface area (Å²) in [6.07, 6.45) is 1.31. The fourth-order valence-electron chi connectivity index (χ4n) is 1.68.